The quantitative estimate of drug-likeness (QED) is 0.130. The van der Waals surface area contributed by atoms with E-state index in [0.717, 1.165) is 29.2 Å². The third kappa shape index (κ3) is 4.94. The predicted octanol–water partition coefficient (Wildman–Crippen LogP) is 0.900. The summed E-state index contributed by atoms with van der Waals surface area (Å²) < 4.78 is 15.6. The highest BCUT2D eigenvalue weighted by molar-refractivity contribution is 5.98. The molecule has 0 bridgehead atoms. The van der Waals surface area contributed by atoms with Crippen molar-refractivity contribution in [3.63, 3.8) is 0 Å². The van der Waals surface area contributed by atoms with E-state index in [-0.39, 0.29) is 52.5 Å². The summed E-state index contributed by atoms with van der Waals surface area (Å²) in [5, 5.41) is 26.4. The Labute approximate surface area is 256 Å². The summed E-state index contributed by atoms with van der Waals surface area (Å²) >= 11 is 0. The van der Waals surface area contributed by atoms with E-state index in [1.807, 2.05) is 18.2 Å². The zero-order chi connectivity index (χ0) is 32.1. The molecule has 6 aromatic rings. The average Bonchev–Trinajstić information content (AvgIpc) is 3.82. The fraction of sp³-hybridized carbons (Fsp3) is 0.138. The number of tetrazole rings is 1. The topological polar surface area (TPSA) is 241 Å². The first-order valence-corrected chi connectivity index (χ1v) is 13.9. The number of aryl methyl sites for hydroxylation is 1. The van der Waals surface area contributed by atoms with E-state index in [9.17, 15) is 23.6 Å². The highest BCUT2D eigenvalue weighted by Crippen LogP contribution is 2.33. The maximum Gasteiger partial charge on any atom is 0.270 e. The number of rotatable bonds is 8. The minimum Gasteiger partial charge on any atom is -0.394 e. The molecule has 0 radical (unpaired) electrons. The van der Waals surface area contributed by atoms with Gasteiger partial charge in [-0.25, -0.2) is 13.9 Å². The minimum atomic E-state index is -0.845. The fourth-order valence-corrected chi connectivity index (χ4v) is 5.41. The van der Waals surface area contributed by atoms with E-state index in [1.165, 1.54) is 28.8 Å². The van der Waals surface area contributed by atoms with Crippen molar-refractivity contribution in [2.45, 2.75) is 25.4 Å². The molecule has 8 N–H and O–H groups in total. The van der Waals surface area contributed by atoms with Crippen LogP contribution in [0.1, 0.15) is 50.1 Å². The Bertz CT molecular complexity index is 2260. The highest BCUT2D eigenvalue weighted by atomic mass is 19.1. The van der Waals surface area contributed by atoms with Gasteiger partial charge in [-0.15, -0.1) is 15.3 Å². The summed E-state index contributed by atoms with van der Waals surface area (Å²) in [6, 6.07) is 12.1. The molecular weight excluding hydrogens is 599 g/mol. The molecule has 1 atom stereocenters. The summed E-state index contributed by atoms with van der Waals surface area (Å²) in [5.41, 5.74) is 12.6. The largest absolute Gasteiger partial charge is 0.394 e. The molecule has 0 saturated heterocycles. The van der Waals surface area contributed by atoms with Gasteiger partial charge in [0, 0.05) is 24.2 Å². The molecule has 46 heavy (non-hydrogen) atoms. The van der Waals surface area contributed by atoms with Crippen LogP contribution in [0.4, 0.5) is 27.3 Å². The molecular formula is C29H23FN12O4. The number of halogens is 1. The van der Waals surface area contributed by atoms with E-state index in [2.05, 4.69) is 46.7 Å². The molecule has 1 aliphatic carbocycles. The first-order valence-electron chi connectivity index (χ1n) is 13.9. The number of aromatic nitrogens is 7. The van der Waals surface area contributed by atoms with Crippen molar-refractivity contribution in [2.24, 2.45) is 0 Å². The molecule has 0 spiro atoms. The number of hydrogen-bond donors (Lipinski definition) is 6. The van der Waals surface area contributed by atoms with Gasteiger partial charge in [0.2, 0.25) is 5.82 Å². The second kappa shape index (κ2) is 10.9. The number of carbonyl (C=O) groups excluding carboxylic acids is 2. The molecule has 3 aromatic carbocycles. The highest BCUT2D eigenvalue weighted by Gasteiger charge is 2.27. The monoisotopic (exact) mass is 622 g/mol. The molecule has 3 heterocycles. The van der Waals surface area contributed by atoms with Crippen LogP contribution >= 0.6 is 0 Å². The molecule has 0 saturated carbocycles. The van der Waals surface area contributed by atoms with Crippen LogP contribution in [-0.2, 0) is 13.0 Å². The van der Waals surface area contributed by atoms with Gasteiger partial charge in [0.05, 0.1) is 11.7 Å². The number of nitrogens with zero attached hydrogens (tertiary/aromatic N) is 6. The van der Waals surface area contributed by atoms with Gasteiger partial charge in [-0.05, 0) is 52.9 Å². The third-order valence-corrected chi connectivity index (χ3v) is 7.73. The second-order valence-electron chi connectivity index (χ2n) is 10.6. The number of anilines is 4. The number of nitrogen functional groups attached to an aromatic ring is 2. The summed E-state index contributed by atoms with van der Waals surface area (Å²) in [7, 11) is 0. The van der Waals surface area contributed by atoms with Gasteiger partial charge in [0.25, 0.3) is 22.7 Å². The number of nitrogens with one attached hydrogen (secondary N) is 4. The second-order valence-corrected chi connectivity index (χ2v) is 10.6. The average molecular weight is 623 g/mol. The zero-order valence-electron chi connectivity index (χ0n) is 23.7. The van der Waals surface area contributed by atoms with Crippen molar-refractivity contribution in [3.8, 4) is 11.4 Å². The normalized spacial score (nSPS) is 14.0. The van der Waals surface area contributed by atoms with Crippen LogP contribution in [0.3, 0.4) is 0 Å². The van der Waals surface area contributed by atoms with E-state index < -0.39 is 28.5 Å². The van der Waals surface area contributed by atoms with Gasteiger partial charge in [0.15, 0.2) is 5.65 Å². The molecule has 17 heteroatoms. The zero-order valence-corrected chi connectivity index (χ0v) is 23.7. The number of aromatic amines is 1. The first kappa shape index (κ1) is 28.3. The van der Waals surface area contributed by atoms with Gasteiger partial charge in [-0.3, -0.25) is 19.2 Å². The van der Waals surface area contributed by atoms with Crippen molar-refractivity contribution in [1.82, 2.24) is 45.9 Å². The number of hydrogen-bond acceptors (Lipinski definition) is 12. The van der Waals surface area contributed by atoms with Crippen molar-refractivity contribution in [3.05, 3.63) is 103 Å². The number of benzene rings is 2. The molecule has 0 unspecified atom stereocenters. The van der Waals surface area contributed by atoms with Gasteiger partial charge >= 0.3 is 0 Å². The predicted molar refractivity (Wildman–Crippen MR) is 162 cm³/mol. The molecule has 7 rings (SSSR count). The standard InChI is InChI=1S/C29H23FN12O4/c30-16-5-1-12(7-18(16)35-24-23(32)25(43)26(24)44)11-33-29(46)20-9-19(34-22-10-21(31)39-42(20)22)28(45)36-17-6-3-13-8-14(2-4-15(13)17)27-37-40-41-38-27/h1-2,4-5,7-10,17,35H,3,6,11,32H2,(H2,31,39)(H,33,46)(H,36,45)(H,37,38,40,41)/t17-/m0/s1. The van der Waals surface area contributed by atoms with E-state index >= 15 is 0 Å². The molecule has 2 amide bonds. The van der Waals surface area contributed by atoms with Crippen molar-refractivity contribution < 1.29 is 14.0 Å². The number of carbonyl (C=O) groups is 2. The molecule has 230 valence electrons. The maximum atomic E-state index is 14.4. The lowest BCUT2D eigenvalue weighted by molar-refractivity contribution is 0.0931. The van der Waals surface area contributed by atoms with Crippen LogP contribution < -0.4 is 38.3 Å². The van der Waals surface area contributed by atoms with Crippen LogP contribution in [0.2, 0.25) is 0 Å². The van der Waals surface area contributed by atoms with Gasteiger partial charge in [0.1, 0.15) is 34.4 Å². The van der Waals surface area contributed by atoms with Gasteiger partial charge < -0.3 is 27.4 Å². The summed E-state index contributed by atoms with van der Waals surface area (Å²) in [5.74, 6) is -1.24. The smallest absolute Gasteiger partial charge is 0.270 e. The lowest BCUT2D eigenvalue weighted by atomic mass is 10.0. The Balaban J connectivity index is 1.09. The minimum absolute atomic E-state index is 0.0135. The Kier molecular flexibility index (Phi) is 6.69. The maximum absolute atomic E-state index is 14.4. The van der Waals surface area contributed by atoms with Crippen molar-refractivity contribution in [2.75, 3.05) is 16.8 Å². The van der Waals surface area contributed by atoms with Crippen LogP contribution in [0.25, 0.3) is 17.0 Å². The Morgan fingerprint density at radius 2 is 1.89 bits per heavy atom. The van der Waals surface area contributed by atoms with Crippen LogP contribution in [0.15, 0.2) is 58.1 Å². The number of fused-ring (bicyclic) bond motifs is 2. The Morgan fingerprint density at radius 1 is 1.04 bits per heavy atom. The Morgan fingerprint density at radius 3 is 2.67 bits per heavy atom. The number of H-pyrrole nitrogens is 1. The number of nitrogens with two attached hydrogens (primary N) is 2. The van der Waals surface area contributed by atoms with Crippen LogP contribution in [0, 0.1) is 5.82 Å². The fourth-order valence-electron chi connectivity index (χ4n) is 5.41. The van der Waals surface area contributed by atoms with Crippen molar-refractivity contribution >= 4 is 40.3 Å². The van der Waals surface area contributed by atoms with E-state index in [1.54, 1.807) is 0 Å². The van der Waals surface area contributed by atoms with E-state index in [0.29, 0.717) is 17.8 Å². The summed E-state index contributed by atoms with van der Waals surface area (Å²) in [6.07, 6.45) is 1.39. The summed E-state index contributed by atoms with van der Waals surface area (Å²) in [6.45, 7) is -0.0675. The Hall–Kier alpha value is -6.52. The molecule has 0 aliphatic heterocycles. The number of amides is 2. The molecule has 1 aliphatic rings. The van der Waals surface area contributed by atoms with Crippen LogP contribution in [-0.4, -0.2) is 47.0 Å². The van der Waals surface area contributed by atoms with E-state index in [4.69, 9.17) is 11.5 Å². The molecule has 16 nitrogen and oxygen atoms in total. The lowest BCUT2D eigenvalue weighted by Crippen LogP contribution is -2.36. The lowest BCUT2D eigenvalue weighted by Gasteiger charge is -2.15. The van der Waals surface area contributed by atoms with Gasteiger partial charge in [-0.1, -0.05) is 18.2 Å². The molecule has 3 aromatic heterocycles. The van der Waals surface area contributed by atoms with Gasteiger partial charge in [-0.2, -0.15) is 5.21 Å². The van der Waals surface area contributed by atoms with Crippen molar-refractivity contribution in [1.29, 1.82) is 0 Å². The third-order valence-electron chi connectivity index (χ3n) is 7.73. The first-order chi connectivity index (χ1) is 22.2. The SMILES string of the molecule is Nc1cc2nc(C(=O)N[C@H]3CCc4cc(-c5nn[nH]n5)ccc43)cc(C(=O)NCc3ccc(F)c(Nc4c(N)c(=O)c4=O)c3)n2n1. The molecule has 0 fully saturated rings. The van der Waals surface area contributed by atoms with Crippen LogP contribution in [0.5, 0.6) is 0 Å². The summed E-state index contributed by atoms with van der Waals surface area (Å²) in [4.78, 5) is 54.3.